The van der Waals surface area contributed by atoms with Gasteiger partial charge in [0, 0.05) is 24.0 Å². The number of benzene rings is 2. The van der Waals surface area contributed by atoms with E-state index in [0.29, 0.717) is 18.6 Å². The number of rotatable bonds is 8. The average Bonchev–Trinajstić information content (AvgIpc) is 2.72. The minimum atomic E-state index is -3.88. The topological polar surface area (TPSA) is 103 Å². The quantitative estimate of drug-likeness (QED) is 0.592. The van der Waals surface area contributed by atoms with Gasteiger partial charge in [-0.2, -0.15) is 0 Å². The van der Waals surface area contributed by atoms with E-state index in [0.717, 1.165) is 16.7 Å². The number of pyridine rings is 1. The van der Waals surface area contributed by atoms with Gasteiger partial charge in [-0.05, 0) is 49.1 Å². The number of primary sulfonamides is 1. The smallest absolute Gasteiger partial charge is 0.238 e. The maximum absolute atomic E-state index is 11.8. The van der Waals surface area contributed by atoms with Crippen LogP contribution in [0.5, 0.6) is 5.75 Å². The van der Waals surface area contributed by atoms with E-state index >= 15 is 0 Å². The Kier molecular flexibility index (Phi) is 6.64. The number of nitrogens with zero attached hydrogens (tertiary/aromatic N) is 1. The highest BCUT2D eigenvalue weighted by Gasteiger charge is 2.20. The number of nitrogens with two attached hydrogens (primary N) is 1. The van der Waals surface area contributed by atoms with Crippen molar-refractivity contribution < 1.29 is 18.3 Å². The molecular formula is C22H24N2O4S. The van der Waals surface area contributed by atoms with E-state index in [9.17, 15) is 13.5 Å². The van der Waals surface area contributed by atoms with E-state index in [1.165, 1.54) is 12.1 Å². The summed E-state index contributed by atoms with van der Waals surface area (Å²) in [5.41, 5.74) is 2.63. The molecule has 7 heteroatoms. The van der Waals surface area contributed by atoms with E-state index in [4.69, 9.17) is 9.88 Å². The standard InChI is InChI=1S/C22H24N2O4S/c1-16(21(25)12-9-17-6-5-13-24-15-17)28-22-14-19(29(23,26)27)10-11-20(22)18-7-3-2-4-8-18/h2-8,10-11,13-16,21,25H,9,12H2,1H3,(H2,23,26,27). The predicted molar refractivity (Wildman–Crippen MR) is 112 cm³/mol. The Hall–Kier alpha value is -2.74. The second-order valence-electron chi connectivity index (χ2n) is 6.86. The summed E-state index contributed by atoms with van der Waals surface area (Å²) < 4.78 is 29.6. The van der Waals surface area contributed by atoms with Gasteiger partial charge >= 0.3 is 0 Å². The number of aliphatic hydroxyl groups excluding tert-OH is 1. The van der Waals surface area contributed by atoms with Crippen LogP contribution in [0.2, 0.25) is 0 Å². The summed E-state index contributed by atoms with van der Waals surface area (Å²) in [7, 11) is -3.88. The third-order valence-corrected chi connectivity index (χ3v) is 5.58. The lowest BCUT2D eigenvalue weighted by Crippen LogP contribution is -2.29. The third kappa shape index (κ3) is 5.63. The van der Waals surface area contributed by atoms with Crippen LogP contribution in [0.25, 0.3) is 11.1 Å². The number of aliphatic hydroxyl groups is 1. The van der Waals surface area contributed by atoms with Crippen molar-refractivity contribution in [2.45, 2.75) is 36.9 Å². The molecule has 6 nitrogen and oxygen atoms in total. The van der Waals surface area contributed by atoms with Crippen molar-refractivity contribution in [1.82, 2.24) is 4.98 Å². The van der Waals surface area contributed by atoms with Crippen molar-refractivity contribution in [3.8, 4) is 16.9 Å². The van der Waals surface area contributed by atoms with Crippen LogP contribution >= 0.6 is 0 Å². The Labute approximate surface area is 171 Å². The SMILES string of the molecule is CC(Oc1cc(S(N)(=O)=O)ccc1-c1ccccc1)C(O)CCc1cccnc1. The number of hydrogen-bond donors (Lipinski definition) is 2. The van der Waals surface area contributed by atoms with Crippen molar-refractivity contribution in [3.63, 3.8) is 0 Å². The fourth-order valence-corrected chi connectivity index (χ4v) is 3.54. The second kappa shape index (κ2) is 9.17. The summed E-state index contributed by atoms with van der Waals surface area (Å²) in [6, 6.07) is 17.8. The molecule has 2 unspecified atom stereocenters. The largest absolute Gasteiger partial charge is 0.487 e. The molecule has 3 N–H and O–H groups in total. The van der Waals surface area contributed by atoms with Gasteiger partial charge in [-0.1, -0.05) is 36.4 Å². The molecule has 3 aromatic rings. The van der Waals surface area contributed by atoms with Crippen LogP contribution in [0.1, 0.15) is 18.9 Å². The van der Waals surface area contributed by atoms with E-state index in [1.54, 1.807) is 25.4 Å². The van der Waals surface area contributed by atoms with Crippen LogP contribution in [-0.2, 0) is 16.4 Å². The number of hydrogen-bond acceptors (Lipinski definition) is 5. The molecule has 0 aliphatic rings. The molecule has 152 valence electrons. The first-order valence-electron chi connectivity index (χ1n) is 9.30. The lowest BCUT2D eigenvalue weighted by atomic mass is 10.0. The molecule has 1 aromatic heterocycles. The second-order valence-corrected chi connectivity index (χ2v) is 8.42. The Morgan fingerprint density at radius 1 is 1.10 bits per heavy atom. The van der Waals surface area contributed by atoms with Crippen molar-refractivity contribution >= 4 is 10.0 Å². The van der Waals surface area contributed by atoms with Gasteiger partial charge in [-0.3, -0.25) is 4.98 Å². The Bertz CT molecular complexity index is 1040. The number of aryl methyl sites for hydroxylation is 1. The van der Waals surface area contributed by atoms with Gasteiger partial charge in [0.05, 0.1) is 11.0 Å². The van der Waals surface area contributed by atoms with Crippen LogP contribution in [0, 0.1) is 0 Å². The number of aromatic nitrogens is 1. The Morgan fingerprint density at radius 3 is 2.52 bits per heavy atom. The van der Waals surface area contributed by atoms with Gasteiger partial charge in [0.15, 0.2) is 0 Å². The van der Waals surface area contributed by atoms with Gasteiger partial charge in [0.1, 0.15) is 11.9 Å². The molecule has 0 amide bonds. The summed E-state index contributed by atoms with van der Waals surface area (Å²) >= 11 is 0. The van der Waals surface area contributed by atoms with E-state index in [-0.39, 0.29) is 4.90 Å². The van der Waals surface area contributed by atoms with Crippen LogP contribution in [0.4, 0.5) is 0 Å². The molecule has 0 saturated carbocycles. The molecule has 0 spiro atoms. The van der Waals surface area contributed by atoms with Gasteiger partial charge in [-0.15, -0.1) is 0 Å². The molecular weight excluding hydrogens is 388 g/mol. The van der Waals surface area contributed by atoms with E-state index in [1.807, 2.05) is 42.5 Å². The van der Waals surface area contributed by atoms with Gasteiger partial charge < -0.3 is 9.84 Å². The number of ether oxygens (including phenoxy) is 1. The summed E-state index contributed by atoms with van der Waals surface area (Å²) in [6.45, 7) is 1.76. The maximum Gasteiger partial charge on any atom is 0.238 e. The lowest BCUT2D eigenvalue weighted by Gasteiger charge is -2.23. The molecule has 0 aliphatic heterocycles. The maximum atomic E-state index is 11.8. The van der Waals surface area contributed by atoms with Gasteiger partial charge in [0.25, 0.3) is 0 Å². The fraction of sp³-hybridized carbons (Fsp3) is 0.227. The minimum Gasteiger partial charge on any atom is -0.487 e. The Balaban J connectivity index is 1.81. The normalized spacial score (nSPS) is 13.6. The summed E-state index contributed by atoms with van der Waals surface area (Å²) in [5.74, 6) is 0.357. The van der Waals surface area contributed by atoms with Crippen LogP contribution in [0.15, 0.2) is 78.0 Å². The molecule has 0 radical (unpaired) electrons. The summed E-state index contributed by atoms with van der Waals surface area (Å²) in [6.07, 6.45) is 3.33. The molecule has 0 saturated heterocycles. The molecule has 0 bridgehead atoms. The van der Waals surface area contributed by atoms with Crippen molar-refractivity contribution in [3.05, 3.63) is 78.6 Å². The number of sulfonamides is 1. The minimum absolute atomic E-state index is 0.0377. The van der Waals surface area contributed by atoms with E-state index in [2.05, 4.69) is 4.98 Å². The van der Waals surface area contributed by atoms with Crippen LogP contribution in [0.3, 0.4) is 0 Å². The highest BCUT2D eigenvalue weighted by molar-refractivity contribution is 7.89. The third-order valence-electron chi connectivity index (χ3n) is 4.67. The highest BCUT2D eigenvalue weighted by atomic mass is 32.2. The summed E-state index contributed by atoms with van der Waals surface area (Å²) in [5, 5.41) is 15.8. The highest BCUT2D eigenvalue weighted by Crippen LogP contribution is 2.33. The zero-order valence-electron chi connectivity index (χ0n) is 16.1. The molecule has 1 heterocycles. The Morgan fingerprint density at radius 2 is 1.86 bits per heavy atom. The fourth-order valence-electron chi connectivity index (χ4n) is 3.01. The zero-order chi connectivity index (χ0) is 20.9. The lowest BCUT2D eigenvalue weighted by molar-refractivity contribution is 0.0422. The molecule has 2 aromatic carbocycles. The first kappa shape index (κ1) is 21.0. The van der Waals surface area contributed by atoms with Crippen molar-refractivity contribution in [1.29, 1.82) is 0 Å². The first-order valence-corrected chi connectivity index (χ1v) is 10.8. The predicted octanol–water partition coefficient (Wildman–Crippen LogP) is 3.16. The molecule has 3 rings (SSSR count). The van der Waals surface area contributed by atoms with Crippen LogP contribution < -0.4 is 9.88 Å². The van der Waals surface area contributed by atoms with Crippen molar-refractivity contribution in [2.24, 2.45) is 5.14 Å². The zero-order valence-corrected chi connectivity index (χ0v) is 16.9. The molecule has 2 atom stereocenters. The van der Waals surface area contributed by atoms with Crippen molar-refractivity contribution in [2.75, 3.05) is 0 Å². The summed E-state index contributed by atoms with van der Waals surface area (Å²) in [4.78, 5) is 4.03. The monoisotopic (exact) mass is 412 g/mol. The molecule has 29 heavy (non-hydrogen) atoms. The van der Waals surface area contributed by atoms with Gasteiger partial charge in [0.2, 0.25) is 10.0 Å². The van der Waals surface area contributed by atoms with Gasteiger partial charge in [-0.25, -0.2) is 13.6 Å². The van der Waals surface area contributed by atoms with E-state index < -0.39 is 22.2 Å². The van der Waals surface area contributed by atoms with Crippen LogP contribution in [-0.4, -0.2) is 30.7 Å². The molecule has 0 fully saturated rings. The first-order chi connectivity index (χ1) is 13.8. The average molecular weight is 413 g/mol. The molecule has 0 aliphatic carbocycles.